The number of aromatic nitrogens is 2. The molecule has 2 aromatic rings. The summed E-state index contributed by atoms with van der Waals surface area (Å²) >= 11 is 0. The molecule has 1 aliphatic rings. The molecule has 1 atom stereocenters. The van der Waals surface area contributed by atoms with E-state index in [1.165, 1.54) is 0 Å². The third-order valence-corrected chi connectivity index (χ3v) is 4.72. The lowest BCUT2D eigenvalue weighted by atomic mass is 9.80. The standard InChI is InChI=1S/C19H23N3O4/c1-5-12-17-13(22-19(20)21-12)6-10(7-14(17)23)11-8-15(24-2)18(26-4)16(9-11)25-3/h8-10H,5-7H2,1-4H3,(H2,20,21,22)/t10-/m1/s1. The largest absolute Gasteiger partial charge is 0.493 e. The second-order valence-corrected chi connectivity index (χ2v) is 6.19. The topological polar surface area (TPSA) is 96.6 Å². The van der Waals surface area contributed by atoms with Crippen molar-refractivity contribution < 1.29 is 19.0 Å². The first-order chi connectivity index (χ1) is 12.5. The number of nitrogen functional groups attached to an aromatic ring is 1. The van der Waals surface area contributed by atoms with E-state index in [0.717, 1.165) is 11.3 Å². The Kier molecular flexibility index (Phi) is 4.97. The Bertz CT molecular complexity index is 826. The first kappa shape index (κ1) is 18.0. The number of fused-ring (bicyclic) bond motifs is 1. The van der Waals surface area contributed by atoms with Crippen molar-refractivity contribution in [2.75, 3.05) is 27.1 Å². The van der Waals surface area contributed by atoms with Crippen molar-refractivity contribution in [3.8, 4) is 17.2 Å². The molecule has 1 heterocycles. The van der Waals surface area contributed by atoms with Crippen LogP contribution in [-0.2, 0) is 12.8 Å². The van der Waals surface area contributed by atoms with Crippen LogP contribution >= 0.6 is 0 Å². The molecule has 138 valence electrons. The van der Waals surface area contributed by atoms with Crippen molar-refractivity contribution >= 4 is 11.7 Å². The smallest absolute Gasteiger partial charge is 0.220 e. The molecule has 0 amide bonds. The number of ketones is 1. The van der Waals surface area contributed by atoms with Crippen molar-refractivity contribution in [3.63, 3.8) is 0 Å². The zero-order valence-electron chi connectivity index (χ0n) is 15.5. The van der Waals surface area contributed by atoms with Gasteiger partial charge in [0.05, 0.1) is 38.3 Å². The van der Waals surface area contributed by atoms with Crippen molar-refractivity contribution in [2.24, 2.45) is 0 Å². The molecule has 0 fully saturated rings. The number of nitrogens with zero attached hydrogens (tertiary/aromatic N) is 2. The van der Waals surface area contributed by atoms with E-state index in [4.69, 9.17) is 19.9 Å². The molecule has 0 saturated heterocycles. The third-order valence-electron chi connectivity index (χ3n) is 4.72. The molecule has 0 saturated carbocycles. The molecule has 0 radical (unpaired) electrons. The average Bonchev–Trinajstić information content (AvgIpc) is 2.65. The zero-order chi connectivity index (χ0) is 18.8. The van der Waals surface area contributed by atoms with E-state index in [9.17, 15) is 4.79 Å². The number of Topliss-reactive ketones (excluding diaryl/α,β-unsaturated/α-hetero) is 1. The predicted octanol–water partition coefficient (Wildman–Crippen LogP) is 2.56. The quantitative estimate of drug-likeness (QED) is 0.878. The number of ether oxygens (including phenoxy) is 3. The van der Waals surface area contributed by atoms with Crippen LogP contribution in [0.25, 0.3) is 0 Å². The molecule has 0 spiro atoms. The van der Waals surface area contributed by atoms with Gasteiger partial charge in [0, 0.05) is 6.42 Å². The molecule has 1 aliphatic carbocycles. The molecule has 0 unspecified atom stereocenters. The Morgan fingerprint density at radius 2 is 1.73 bits per heavy atom. The summed E-state index contributed by atoms with van der Waals surface area (Å²) in [5.74, 6) is 1.87. The Morgan fingerprint density at radius 1 is 1.08 bits per heavy atom. The van der Waals surface area contributed by atoms with Crippen molar-refractivity contribution in [2.45, 2.75) is 32.1 Å². The third kappa shape index (κ3) is 3.05. The van der Waals surface area contributed by atoms with Crippen LogP contribution in [-0.4, -0.2) is 37.1 Å². The number of methoxy groups -OCH3 is 3. The number of anilines is 1. The number of hydrogen-bond donors (Lipinski definition) is 1. The number of carbonyl (C=O) groups is 1. The molecular weight excluding hydrogens is 334 g/mol. The van der Waals surface area contributed by atoms with Crippen molar-refractivity contribution in [3.05, 3.63) is 34.6 Å². The van der Waals surface area contributed by atoms with Crippen LogP contribution in [0, 0.1) is 0 Å². The predicted molar refractivity (Wildman–Crippen MR) is 97.3 cm³/mol. The number of carbonyl (C=O) groups excluding carboxylic acids is 1. The van der Waals surface area contributed by atoms with Gasteiger partial charge >= 0.3 is 0 Å². The van der Waals surface area contributed by atoms with Crippen molar-refractivity contribution in [1.82, 2.24) is 9.97 Å². The van der Waals surface area contributed by atoms with E-state index in [1.54, 1.807) is 21.3 Å². The Labute approximate surface area is 152 Å². The van der Waals surface area contributed by atoms with Crippen LogP contribution < -0.4 is 19.9 Å². The van der Waals surface area contributed by atoms with Gasteiger partial charge in [-0.1, -0.05) is 6.92 Å². The van der Waals surface area contributed by atoms with Gasteiger partial charge in [-0.3, -0.25) is 4.79 Å². The summed E-state index contributed by atoms with van der Waals surface area (Å²) in [6.45, 7) is 1.96. The fourth-order valence-corrected chi connectivity index (χ4v) is 3.51. The van der Waals surface area contributed by atoms with Crippen molar-refractivity contribution in [1.29, 1.82) is 0 Å². The van der Waals surface area contributed by atoms with Gasteiger partial charge in [0.2, 0.25) is 11.7 Å². The number of aryl methyl sites for hydroxylation is 1. The molecule has 26 heavy (non-hydrogen) atoms. The minimum atomic E-state index is -0.0392. The minimum Gasteiger partial charge on any atom is -0.493 e. The minimum absolute atomic E-state index is 0.0392. The van der Waals surface area contributed by atoms with Crippen LogP contribution in [0.4, 0.5) is 5.95 Å². The first-order valence-electron chi connectivity index (χ1n) is 8.50. The monoisotopic (exact) mass is 357 g/mol. The van der Waals surface area contributed by atoms with E-state index < -0.39 is 0 Å². The Hall–Kier alpha value is -2.83. The van der Waals surface area contributed by atoms with Crippen LogP contribution in [0.3, 0.4) is 0 Å². The summed E-state index contributed by atoms with van der Waals surface area (Å²) in [6.07, 6.45) is 1.64. The summed E-state index contributed by atoms with van der Waals surface area (Å²) in [6, 6.07) is 3.77. The van der Waals surface area contributed by atoms with Gasteiger partial charge in [0.15, 0.2) is 17.3 Å². The lowest BCUT2D eigenvalue weighted by Gasteiger charge is -2.25. The lowest BCUT2D eigenvalue weighted by Crippen LogP contribution is -2.23. The van der Waals surface area contributed by atoms with Gasteiger partial charge in [0.1, 0.15) is 0 Å². The second kappa shape index (κ2) is 7.19. The van der Waals surface area contributed by atoms with Crippen LogP contribution in [0.5, 0.6) is 17.2 Å². The SMILES string of the molecule is CCc1nc(N)nc2c1C(=O)C[C@H](c1cc(OC)c(OC)c(OC)c1)C2. The van der Waals surface area contributed by atoms with Crippen LogP contribution in [0.1, 0.15) is 46.6 Å². The lowest BCUT2D eigenvalue weighted by molar-refractivity contribution is 0.0961. The summed E-state index contributed by atoms with van der Waals surface area (Å²) in [5.41, 5.74) is 8.83. The molecule has 3 rings (SSSR count). The van der Waals surface area contributed by atoms with Gasteiger partial charge in [-0.05, 0) is 36.5 Å². The number of rotatable bonds is 5. The first-order valence-corrected chi connectivity index (χ1v) is 8.50. The summed E-state index contributed by atoms with van der Waals surface area (Å²) < 4.78 is 16.2. The average molecular weight is 357 g/mol. The maximum atomic E-state index is 12.8. The molecule has 7 nitrogen and oxygen atoms in total. The fraction of sp³-hybridized carbons (Fsp3) is 0.421. The normalized spacial score (nSPS) is 16.2. The molecule has 2 N–H and O–H groups in total. The summed E-state index contributed by atoms with van der Waals surface area (Å²) in [5, 5.41) is 0. The number of hydrogen-bond acceptors (Lipinski definition) is 7. The summed E-state index contributed by atoms with van der Waals surface area (Å²) in [4.78, 5) is 21.3. The number of nitrogens with two attached hydrogens (primary N) is 1. The molecule has 1 aromatic heterocycles. The van der Waals surface area contributed by atoms with E-state index in [-0.39, 0.29) is 17.6 Å². The van der Waals surface area contributed by atoms with E-state index in [1.807, 2.05) is 19.1 Å². The molecular formula is C19H23N3O4. The zero-order valence-corrected chi connectivity index (χ0v) is 15.5. The molecule has 0 bridgehead atoms. The maximum absolute atomic E-state index is 12.8. The van der Waals surface area contributed by atoms with E-state index in [0.29, 0.717) is 47.8 Å². The molecule has 0 aliphatic heterocycles. The van der Waals surface area contributed by atoms with E-state index >= 15 is 0 Å². The highest BCUT2D eigenvalue weighted by atomic mass is 16.5. The highest BCUT2D eigenvalue weighted by molar-refractivity contribution is 6.00. The maximum Gasteiger partial charge on any atom is 0.220 e. The van der Waals surface area contributed by atoms with Gasteiger partial charge in [-0.2, -0.15) is 0 Å². The van der Waals surface area contributed by atoms with Crippen LogP contribution in [0.15, 0.2) is 12.1 Å². The molecule has 7 heteroatoms. The van der Waals surface area contributed by atoms with Gasteiger partial charge < -0.3 is 19.9 Å². The summed E-state index contributed by atoms with van der Waals surface area (Å²) in [7, 11) is 4.71. The highest BCUT2D eigenvalue weighted by Crippen LogP contribution is 2.42. The fourth-order valence-electron chi connectivity index (χ4n) is 3.51. The van der Waals surface area contributed by atoms with Crippen LogP contribution in [0.2, 0.25) is 0 Å². The van der Waals surface area contributed by atoms with Gasteiger partial charge in [0.25, 0.3) is 0 Å². The Morgan fingerprint density at radius 3 is 2.27 bits per heavy atom. The Balaban J connectivity index is 2.05. The van der Waals surface area contributed by atoms with Gasteiger partial charge in [-0.15, -0.1) is 0 Å². The van der Waals surface area contributed by atoms with Gasteiger partial charge in [-0.25, -0.2) is 9.97 Å². The highest BCUT2D eigenvalue weighted by Gasteiger charge is 2.31. The second-order valence-electron chi connectivity index (χ2n) is 6.19. The molecule has 1 aromatic carbocycles. The number of benzene rings is 1. The van der Waals surface area contributed by atoms with E-state index in [2.05, 4.69) is 9.97 Å².